The Bertz CT molecular complexity index is 424. The van der Waals surface area contributed by atoms with Gasteiger partial charge in [-0.3, -0.25) is 0 Å². The number of hydrogen-bond acceptors (Lipinski definition) is 3. The van der Waals surface area contributed by atoms with Gasteiger partial charge in [0.25, 0.3) is 0 Å². The van der Waals surface area contributed by atoms with Crippen molar-refractivity contribution in [3.05, 3.63) is 29.3 Å². The van der Waals surface area contributed by atoms with E-state index in [1.807, 2.05) is 0 Å². The normalized spacial score (nSPS) is 25.8. The molecule has 1 unspecified atom stereocenters. The zero-order chi connectivity index (χ0) is 12.6. The second-order valence-corrected chi connectivity index (χ2v) is 5.41. The van der Waals surface area contributed by atoms with E-state index >= 15 is 0 Å². The Labute approximate surface area is 108 Å². The zero-order valence-electron chi connectivity index (χ0n) is 10.9. The molecule has 1 aliphatic heterocycles. The summed E-state index contributed by atoms with van der Waals surface area (Å²) in [7, 11) is 1.75. The van der Waals surface area contributed by atoms with Crippen LogP contribution in [-0.4, -0.2) is 26.4 Å². The van der Waals surface area contributed by atoms with Gasteiger partial charge < -0.3 is 15.2 Å². The summed E-state index contributed by atoms with van der Waals surface area (Å²) in [6.07, 6.45) is 4.17. The summed E-state index contributed by atoms with van der Waals surface area (Å²) in [6, 6.07) is 6.60. The fraction of sp³-hybridized carbons (Fsp3) is 0.600. The third-order valence-corrected chi connectivity index (χ3v) is 4.65. The van der Waals surface area contributed by atoms with Gasteiger partial charge >= 0.3 is 0 Å². The second kappa shape index (κ2) is 4.56. The molecule has 0 bridgehead atoms. The zero-order valence-corrected chi connectivity index (χ0v) is 10.9. The lowest BCUT2D eigenvalue weighted by Crippen LogP contribution is -2.52. The van der Waals surface area contributed by atoms with Crippen LogP contribution < -0.4 is 10.5 Å². The van der Waals surface area contributed by atoms with E-state index in [4.69, 9.17) is 15.2 Å². The predicted molar refractivity (Wildman–Crippen MR) is 71.0 cm³/mol. The lowest BCUT2D eigenvalue weighted by molar-refractivity contribution is 0.0350. The molecule has 98 valence electrons. The van der Waals surface area contributed by atoms with Crippen molar-refractivity contribution in [2.75, 3.05) is 20.3 Å². The quantitative estimate of drug-likeness (QED) is 0.825. The summed E-state index contributed by atoms with van der Waals surface area (Å²) in [6.45, 7) is 1.62. The molecule has 1 atom stereocenters. The first kappa shape index (κ1) is 12.0. The molecule has 0 saturated carbocycles. The van der Waals surface area contributed by atoms with Crippen molar-refractivity contribution in [1.82, 2.24) is 0 Å². The van der Waals surface area contributed by atoms with Crippen LogP contribution in [0.2, 0.25) is 0 Å². The van der Waals surface area contributed by atoms with Crippen LogP contribution >= 0.6 is 0 Å². The smallest absolute Gasteiger partial charge is 0.122 e. The van der Waals surface area contributed by atoms with Gasteiger partial charge in [-0.05, 0) is 37.3 Å². The minimum absolute atomic E-state index is 0.0679. The molecule has 3 nitrogen and oxygen atoms in total. The molecule has 18 heavy (non-hydrogen) atoms. The molecule has 3 heteroatoms. The van der Waals surface area contributed by atoms with E-state index in [9.17, 15) is 0 Å². The molecule has 0 aromatic heterocycles. The van der Waals surface area contributed by atoms with Crippen LogP contribution in [0, 0.1) is 0 Å². The summed E-state index contributed by atoms with van der Waals surface area (Å²) in [5.74, 6) is 1.00. The molecule has 1 spiro atoms. The van der Waals surface area contributed by atoms with E-state index in [-0.39, 0.29) is 11.5 Å². The molecule has 1 aliphatic carbocycles. The van der Waals surface area contributed by atoms with Gasteiger partial charge in [-0.25, -0.2) is 0 Å². The number of aryl methyl sites for hydroxylation is 1. The van der Waals surface area contributed by atoms with Gasteiger partial charge in [0.05, 0.1) is 7.11 Å². The van der Waals surface area contributed by atoms with Crippen molar-refractivity contribution in [2.45, 2.75) is 37.1 Å². The summed E-state index contributed by atoms with van der Waals surface area (Å²) < 4.78 is 11.1. The number of methoxy groups -OCH3 is 1. The summed E-state index contributed by atoms with van der Waals surface area (Å²) in [4.78, 5) is 0. The SMILES string of the molecule is COc1cccc2c1C1(CCOCC1)C(N)CC2. The molecule has 1 fully saturated rings. The number of hydrogen-bond donors (Lipinski definition) is 1. The minimum atomic E-state index is 0.0679. The van der Waals surface area contributed by atoms with E-state index in [2.05, 4.69) is 18.2 Å². The van der Waals surface area contributed by atoms with Crippen LogP contribution in [-0.2, 0) is 16.6 Å². The van der Waals surface area contributed by atoms with E-state index in [0.29, 0.717) is 0 Å². The summed E-state index contributed by atoms with van der Waals surface area (Å²) in [5, 5.41) is 0. The average Bonchev–Trinajstić information content (AvgIpc) is 2.44. The fourth-order valence-corrected chi connectivity index (χ4v) is 3.65. The van der Waals surface area contributed by atoms with Crippen molar-refractivity contribution < 1.29 is 9.47 Å². The van der Waals surface area contributed by atoms with E-state index in [0.717, 1.165) is 44.6 Å². The highest BCUT2D eigenvalue weighted by atomic mass is 16.5. The molecule has 1 saturated heterocycles. The third kappa shape index (κ3) is 1.65. The third-order valence-electron chi connectivity index (χ3n) is 4.65. The lowest BCUT2D eigenvalue weighted by atomic mass is 9.62. The van der Waals surface area contributed by atoms with Gasteiger partial charge in [0.2, 0.25) is 0 Å². The van der Waals surface area contributed by atoms with Crippen LogP contribution in [0.15, 0.2) is 18.2 Å². The first-order chi connectivity index (χ1) is 8.78. The van der Waals surface area contributed by atoms with Crippen molar-refractivity contribution in [1.29, 1.82) is 0 Å². The highest BCUT2D eigenvalue weighted by Gasteiger charge is 2.45. The Hall–Kier alpha value is -1.06. The van der Waals surface area contributed by atoms with Crippen molar-refractivity contribution in [3.63, 3.8) is 0 Å². The average molecular weight is 247 g/mol. The van der Waals surface area contributed by atoms with E-state index < -0.39 is 0 Å². The van der Waals surface area contributed by atoms with Gasteiger partial charge in [0.15, 0.2) is 0 Å². The lowest BCUT2D eigenvalue weighted by Gasteiger charge is -2.46. The first-order valence-electron chi connectivity index (χ1n) is 6.77. The Balaban J connectivity index is 2.15. The molecular weight excluding hydrogens is 226 g/mol. The molecule has 0 amide bonds. The van der Waals surface area contributed by atoms with Gasteiger partial charge in [-0.15, -0.1) is 0 Å². The Morgan fingerprint density at radius 2 is 2.11 bits per heavy atom. The van der Waals surface area contributed by atoms with Crippen molar-refractivity contribution in [2.24, 2.45) is 5.73 Å². The monoisotopic (exact) mass is 247 g/mol. The number of benzene rings is 1. The molecule has 2 aliphatic rings. The molecule has 3 rings (SSSR count). The molecule has 1 heterocycles. The van der Waals surface area contributed by atoms with Crippen LogP contribution in [0.4, 0.5) is 0 Å². The second-order valence-electron chi connectivity index (χ2n) is 5.41. The van der Waals surface area contributed by atoms with Gasteiger partial charge in [0, 0.05) is 30.2 Å². The number of rotatable bonds is 1. The predicted octanol–water partition coefficient (Wildman–Crippen LogP) is 2.02. The van der Waals surface area contributed by atoms with Gasteiger partial charge in [-0.1, -0.05) is 12.1 Å². The molecule has 2 N–H and O–H groups in total. The highest BCUT2D eigenvalue weighted by molar-refractivity contribution is 5.49. The highest BCUT2D eigenvalue weighted by Crippen LogP contribution is 2.47. The molecule has 1 aromatic rings. The fourth-order valence-electron chi connectivity index (χ4n) is 3.65. The number of fused-ring (bicyclic) bond motifs is 2. The summed E-state index contributed by atoms with van der Waals surface area (Å²) in [5.41, 5.74) is 9.31. The van der Waals surface area contributed by atoms with Crippen LogP contribution in [0.1, 0.15) is 30.4 Å². The molecule has 1 aromatic carbocycles. The van der Waals surface area contributed by atoms with E-state index in [1.165, 1.54) is 11.1 Å². The molecule has 0 radical (unpaired) electrons. The maximum absolute atomic E-state index is 6.47. The van der Waals surface area contributed by atoms with Gasteiger partial charge in [-0.2, -0.15) is 0 Å². The number of nitrogens with two attached hydrogens (primary N) is 1. The standard InChI is InChI=1S/C15H21NO2/c1-17-12-4-2-3-11-5-6-13(16)15(14(11)12)7-9-18-10-8-15/h2-4,13H,5-10,16H2,1H3. The van der Waals surface area contributed by atoms with Crippen molar-refractivity contribution in [3.8, 4) is 5.75 Å². The summed E-state index contributed by atoms with van der Waals surface area (Å²) >= 11 is 0. The molecular formula is C15H21NO2. The van der Waals surface area contributed by atoms with Crippen LogP contribution in [0.5, 0.6) is 5.75 Å². The van der Waals surface area contributed by atoms with Gasteiger partial charge in [0.1, 0.15) is 5.75 Å². The maximum Gasteiger partial charge on any atom is 0.122 e. The number of ether oxygens (including phenoxy) is 2. The Morgan fingerprint density at radius 3 is 2.83 bits per heavy atom. The maximum atomic E-state index is 6.47. The Morgan fingerprint density at radius 1 is 1.33 bits per heavy atom. The Kier molecular flexibility index (Phi) is 3.04. The van der Waals surface area contributed by atoms with Crippen LogP contribution in [0.3, 0.4) is 0 Å². The van der Waals surface area contributed by atoms with Crippen LogP contribution in [0.25, 0.3) is 0 Å². The largest absolute Gasteiger partial charge is 0.496 e. The minimum Gasteiger partial charge on any atom is -0.496 e. The van der Waals surface area contributed by atoms with Crippen molar-refractivity contribution >= 4 is 0 Å². The van der Waals surface area contributed by atoms with E-state index in [1.54, 1.807) is 7.11 Å². The topological polar surface area (TPSA) is 44.5 Å². The first-order valence-corrected chi connectivity index (χ1v) is 6.77.